The minimum atomic E-state index is -0.876. The monoisotopic (exact) mass is 609 g/mol. The van der Waals surface area contributed by atoms with E-state index < -0.39 is 23.7 Å². The van der Waals surface area contributed by atoms with Crippen LogP contribution in [0, 0.1) is 12.7 Å². The first-order chi connectivity index (χ1) is 20.4. The highest BCUT2D eigenvalue weighted by Gasteiger charge is 2.29. The summed E-state index contributed by atoms with van der Waals surface area (Å²) in [5.74, 6) is 0.744. The number of ether oxygens (including phenoxy) is 2. The molecule has 230 valence electrons. The number of benzene rings is 2. The minimum absolute atomic E-state index is 0.0570. The summed E-state index contributed by atoms with van der Waals surface area (Å²) in [5.41, 5.74) is 3.77. The van der Waals surface area contributed by atoms with Gasteiger partial charge in [-0.2, -0.15) is 16.7 Å². The number of rotatable bonds is 10. The molecule has 11 heteroatoms. The van der Waals surface area contributed by atoms with Crippen LogP contribution in [0.4, 0.5) is 26.6 Å². The molecule has 0 bridgehead atoms. The fourth-order valence-electron chi connectivity index (χ4n) is 4.92. The lowest BCUT2D eigenvalue weighted by Crippen LogP contribution is -2.44. The van der Waals surface area contributed by atoms with E-state index in [-0.39, 0.29) is 18.5 Å². The lowest BCUT2D eigenvalue weighted by atomic mass is 9.93. The summed E-state index contributed by atoms with van der Waals surface area (Å²) < 4.78 is 24.6. The molecule has 4 rings (SSSR count). The summed E-state index contributed by atoms with van der Waals surface area (Å²) in [4.78, 5) is 37.4. The zero-order valence-electron chi connectivity index (χ0n) is 25.6. The van der Waals surface area contributed by atoms with Gasteiger partial charge in [-0.15, -0.1) is 0 Å². The van der Waals surface area contributed by atoms with Gasteiger partial charge in [-0.3, -0.25) is 0 Å². The summed E-state index contributed by atoms with van der Waals surface area (Å²) in [6.07, 6.45) is 2.50. The zero-order valence-corrected chi connectivity index (χ0v) is 26.4. The molecule has 2 heterocycles. The summed E-state index contributed by atoms with van der Waals surface area (Å²) in [5, 5.41) is 5.82. The number of anilines is 3. The Morgan fingerprint density at radius 1 is 1.14 bits per heavy atom. The van der Waals surface area contributed by atoms with E-state index in [1.165, 1.54) is 23.3 Å². The number of aromatic nitrogens is 2. The number of hydrogen-bond acceptors (Lipinski definition) is 9. The highest BCUT2D eigenvalue weighted by Crippen LogP contribution is 2.35. The SMILES string of the molecule is CSCC[C@H](NC(=O)OC(C)(C)C)C(=O)OCc1nc(Nc2ccc(F)cc2)nc(N2CCc3ccccc3C2C)c1C. The van der Waals surface area contributed by atoms with Crippen LogP contribution in [0.25, 0.3) is 0 Å². The lowest BCUT2D eigenvalue weighted by molar-refractivity contribution is -0.147. The van der Waals surface area contributed by atoms with Crippen molar-refractivity contribution >= 4 is 41.3 Å². The number of alkyl carbamates (subject to hydrolysis) is 1. The number of nitrogens with zero attached hydrogens (tertiary/aromatic N) is 3. The van der Waals surface area contributed by atoms with E-state index in [1.54, 1.807) is 44.7 Å². The van der Waals surface area contributed by atoms with Gasteiger partial charge in [0.05, 0.1) is 11.7 Å². The maximum atomic E-state index is 13.5. The van der Waals surface area contributed by atoms with E-state index in [1.807, 2.05) is 19.2 Å². The van der Waals surface area contributed by atoms with Crippen molar-refractivity contribution in [3.8, 4) is 0 Å². The number of carbonyl (C=O) groups excluding carboxylic acids is 2. The Morgan fingerprint density at radius 3 is 2.56 bits per heavy atom. The molecule has 1 aromatic heterocycles. The molecule has 2 aromatic carbocycles. The molecule has 0 aliphatic carbocycles. The second kappa shape index (κ2) is 14.1. The molecule has 0 saturated heterocycles. The Morgan fingerprint density at radius 2 is 1.86 bits per heavy atom. The second-order valence-corrected chi connectivity index (χ2v) is 12.5. The number of halogens is 1. The van der Waals surface area contributed by atoms with Crippen LogP contribution in [0.5, 0.6) is 0 Å². The van der Waals surface area contributed by atoms with Gasteiger partial charge in [0.1, 0.15) is 29.9 Å². The van der Waals surface area contributed by atoms with E-state index in [4.69, 9.17) is 14.5 Å². The molecule has 2 N–H and O–H groups in total. The minimum Gasteiger partial charge on any atom is -0.458 e. The highest BCUT2D eigenvalue weighted by atomic mass is 32.2. The molecule has 2 atom stereocenters. The van der Waals surface area contributed by atoms with Crippen molar-refractivity contribution in [1.29, 1.82) is 0 Å². The van der Waals surface area contributed by atoms with Gasteiger partial charge in [-0.1, -0.05) is 24.3 Å². The average Bonchev–Trinajstić information content (AvgIpc) is 2.96. The third kappa shape index (κ3) is 8.59. The van der Waals surface area contributed by atoms with E-state index >= 15 is 0 Å². The van der Waals surface area contributed by atoms with Gasteiger partial charge in [-0.05, 0) is 94.9 Å². The molecule has 1 unspecified atom stereocenters. The number of thioether (sulfide) groups is 1. The second-order valence-electron chi connectivity index (χ2n) is 11.5. The standard InChI is InChI=1S/C32H40FN5O4S/c1-20-27(19-41-29(39)26(16-18-43-6)36-31(40)42-32(3,4)5)35-30(34-24-13-11-23(33)12-14-24)37-28(20)38-17-15-22-9-7-8-10-25(22)21(38)2/h7-14,21,26H,15-19H2,1-6H3,(H,36,40)(H,34,35,37)/t21?,26-/m0/s1. The smallest absolute Gasteiger partial charge is 0.408 e. The van der Waals surface area contributed by atoms with Gasteiger partial charge in [0.2, 0.25) is 5.95 Å². The fraction of sp³-hybridized carbons (Fsp3) is 0.438. The third-order valence-corrected chi connectivity index (χ3v) is 7.77. The van der Waals surface area contributed by atoms with Gasteiger partial charge >= 0.3 is 12.1 Å². The number of amides is 1. The van der Waals surface area contributed by atoms with Crippen molar-refractivity contribution in [3.63, 3.8) is 0 Å². The van der Waals surface area contributed by atoms with E-state index in [9.17, 15) is 14.0 Å². The summed E-state index contributed by atoms with van der Waals surface area (Å²) in [7, 11) is 0. The van der Waals surface area contributed by atoms with Crippen LogP contribution >= 0.6 is 11.8 Å². The van der Waals surface area contributed by atoms with Crippen molar-refractivity contribution in [2.24, 2.45) is 0 Å². The molecule has 0 saturated carbocycles. The zero-order chi connectivity index (χ0) is 31.1. The van der Waals surface area contributed by atoms with E-state index in [0.717, 1.165) is 24.3 Å². The number of esters is 1. The maximum absolute atomic E-state index is 13.5. The lowest BCUT2D eigenvalue weighted by Gasteiger charge is -2.37. The van der Waals surface area contributed by atoms with Gasteiger partial charge in [0.15, 0.2) is 0 Å². The quantitative estimate of drug-likeness (QED) is 0.250. The molecule has 0 fully saturated rings. The first-order valence-electron chi connectivity index (χ1n) is 14.3. The number of carbonyl (C=O) groups is 2. The fourth-order valence-corrected chi connectivity index (χ4v) is 5.40. The molecule has 9 nitrogen and oxygen atoms in total. The predicted octanol–water partition coefficient (Wildman–Crippen LogP) is 6.48. The third-order valence-electron chi connectivity index (χ3n) is 7.13. The Bertz CT molecular complexity index is 1430. The number of hydrogen-bond donors (Lipinski definition) is 2. The molecule has 0 radical (unpaired) electrons. The molecule has 1 amide bonds. The van der Waals surface area contributed by atoms with Crippen molar-refractivity contribution in [1.82, 2.24) is 15.3 Å². The first-order valence-corrected chi connectivity index (χ1v) is 15.7. The van der Waals surface area contributed by atoms with Crippen LogP contribution in [0.2, 0.25) is 0 Å². The Kier molecular flexibility index (Phi) is 10.5. The molecule has 1 aliphatic heterocycles. The Balaban J connectivity index is 1.61. The average molecular weight is 610 g/mol. The molecular formula is C32H40FN5O4S. The first kappa shape index (κ1) is 32.1. The summed E-state index contributed by atoms with van der Waals surface area (Å²) >= 11 is 1.56. The Labute approximate surface area is 257 Å². The van der Waals surface area contributed by atoms with Gasteiger partial charge in [-0.25, -0.2) is 19.0 Å². The van der Waals surface area contributed by atoms with Crippen molar-refractivity contribution < 1.29 is 23.5 Å². The topological polar surface area (TPSA) is 106 Å². The summed E-state index contributed by atoms with van der Waals surface area (Å²) in [6.45, 7) is 9.97. The Hall–Kier alpha value is -3.86. The van der Waals surface area contributed by atoms with Crippen LogP contribution in [-0.2, 0) is 27.3 Å². The molecule has 43 heavy (non-hydrogen) atoms. The van der Waals surface area contributed by atoms with Crippen LogP contribution in [0.15, 0.2) is 48.5 Å². The van der Waals surface area contributed by atoms with E-state index in [0.29, 0.717) is 29.5 Å². The van der Waals surface area contributed by atoms with Crippen LogP contribution in [0.3, 0.4) is 0 Å². The maximum Gasteiger partial charge on any atom is 0.408 e. The normalized spacial score (nSPS) is 15.3. The van der Waals surface area contributed by atoms with Crippen LogP contribution in [-0.4, -0.2) is 52.2 Å². The molecule has 3 aromatic rings. The molecule has 0 spiro atoms. The number of fused-ring (bicyclic) bond motifs is 1. The van der Waals surface area contributed by atoms with Gasteiger partial charge in [0, 0.05) is 17.8 Å². The van der Waals surface area contributed by atoms with Crippen molar-refractivity contribution in [2.45, 2.75) is 71.8 Å². The van der Waals surface area contributed by atoms with Gasteiger partial charge < -0.3 is 25.0 Å². The summed E-state index contributed by atoms with van der Waals surface area (Å²) in [6, 6.07) is 13.5. The van der Waals surface area contributed by atoms with Crippen LogP contribution < -0.4 is 15.5 Å². The highest BCUT2D eigenvalue weighted by molar-refractivity contribution is 7.98. The van der Waals surface area contributed by atoms with E-state index in [2.05, 4.69) is 45.6 Å². The predicted molar refractivity (Wildman–Crippen MR) is 168 cm³/mol. The van der Waals surface area contributed by atoms with Gasteiger partial charge in [0.25, 0.3) is 0 Å². The van der Waals surface area contributed by atoms with Crippen molar-refractivity contribution in [3.05, 3.63) is 76.7 Å². The molecular weight excluding hydrogens is 569 g/mol. The van der Waals surface area contributed by atoms with Crippen LogP contribution in [0.1, 0.15) is 62.5 Å². The van der Waals surface area contributed by atoms with Crippen molar-refractivity contribution in [2.75, 3.05) is 28.8 Å². The largest absolute Gasteiger partial charge is 0.458 e. The molecule has 1 aliphatic rings. The number of nitrogens with one attached hydrogen (secondary N) is 2.